The Bertz CT molecular complexity index is 726. The largest absolute Gasteiger partial charge is 0.503 e. The second-order valence-electron chi connectivity index (χ2n) is 6.14. The van der Waals surface area contributed by atoms with Crippen LogP contribution < -0.4 is 9.47 Å². The Hall–Kier alpha value is -2.54. The lowest BCUT2D eigenvalue weighted by Gasteiger charge is -2.27. The number of hydrogen-bond acceptors (Lipinski definition) is 6. The number of carbonyl (C=O) groups is 2. The average molecular weight is 332 g/mol. The molecule has 2 aliphatic rings. The minimum absolute atomic E-state index is 0.123. The molecule has 0 bridgehead atoms. The lowest BCUT2D eigenvalue weighted by Crippen LogP contribution is -2.36. The van der Waals surface area contributed by atoms with Crippen molar-refractivity contribution in [2.75, 3.05) is 34.0 Å². The van der Waals surface area contributed by atoms with Crippen LogP contribution in [0.15, 0.2) is 29.5 Å². The van der Waals surface area contributed by atoms with Crippen molar-refractivity contribution in [1.82, 2.24) is 9.80 Å². The fourth-order valence-corrected chi connectivity index (χ4v) is 2.98. The molecule has 1 aromatic rings. The second kappa shape index (κ2) is 6.16. The van der Waals surface area contributed by atoms with Gasteiger partial charge in [0.05, 0.1) is 11.6 Å². The van der Waals surface area contributed by atoms with E-state index in [1.165, 1.54) is 11.8 Å². The van der Waals surface area contributed by atoms with Crippen molar-refractivity contribution >= 4 is 11.7 Å². The summed E-state index contributed by atoms with van der Waals surface area (Å²) < 4.78 is 10.7. The van der Waals surface area contributed by atoms with Crippen LogP contribution in [0, 0.1) is 0 Å². The Morgan fingerprint density at radius 2 is 2.04 bits per heavy atom. The van der Waals surface area contributed by atoms with Gasteiger partial charge in [0, 0.05) is 13.1 Å². The SMILES string of the molecule is CC(=O)C1=C(O)C(=O)N(CCN(C)C)C1c1ccc2c(c1)OCO2. The molecule has 0 fully saturated rings. The average Bonchev–Trinajstić information content (AvgIpc) is 3.08. The van der Waals surface area contributed by atoms with Crippen molar-refractivity contribution in [2.45, 2.75) is 13.0 Å². The number of ether oxygens (including phenoxy) is 2. The van der Waals surface area contributed by atoms with Crippen molar-refractivity contribution in [2.24, 2.45) is 0 Å². The summed E-state index contributed by atoms with van der Waals surface area (Å²) in [4.78, 5) is 27.9. The Morgan fingerprint density at radius 1 is 1.33 bits per heavy atom. The number of fused-ring (bicyclic) bond motifs is 1. The van der Waals surface area contributed by atoms with E-state index < -0.39 is 17.7 Å². The maximum absolute atomic E-state index is 12.4. The Morgan fingerprint density at radius 3 is 2.71 bits per heavy atom. The molecule has 1 aromatic carbocycles. The van der Waals surface area contributed by atoms with Gasteiger partial charge < -0.3 is 24.4 Å². The number of likely N-dealkylation sites (N-methyl/N-ethyl adjacent to an activating group) is 1. The number of benzene rings is 1. The summed E-state index contributed by atoms with van der Waals surface area (Å²) >= 11 is 0. The fraction of sp³-hybridized carbons (Fsp3) is 0.412. The lowest BCUT2D eigenvalue weighted by molar-refractivity contribution is -0.129. The quantitative estimate of drug-likeness (QED) is 0.874. The first-order valence-corrected chi connectivity index (χ1v) is 7.69. The van der Waals surface area contributed by atoms with Crippen LogP contribution in [-0.4, -0.2) is 60.6 Å². The van der Waals surface area contributed by atoms with Crippen LogP contribution in [0.4, 0.5) is 0 Å². The van der Waals surface area contributed by atoms with Gasteiger partial charge >= 0.3 is 0 Å². The van der Waals surface area contributed by atoms with Gasteiger partial charge in [-0.1, -0.05) is 6.07 Å². The minimum atomic E-state index is -0.621. The van der Waals surface area contributed by atoms with Crippen LogP contribution in [-0.2, 0) is 9.59 Å². The zero-order valence-corrected chi connectivity index (χ0v) is 13.9. The third-order valence-electron chi connectivity index (χ3n) is 4.18. The number of aliphatic hydroxyl groups excluding tert-OH is 1. The number of ketones is 1. The summed E-state index contributed by atoms with van der Waals surface area (Å²) in [6.45, 7) is 2.51. The first-order chi connectivity index (χ1) is 11.4. The summed E-state index contributed by atoms with van der Waals surface area (Å²) in [6.07, 6.45) is 0. The standard InChI is InChI=1S/C17H20N2O5/c1-10(20)14-15(11-4-5-12-13(8-11)24-9-23-12)19(7-6-18(2)3)17(22)16(14)21/h4-5,8,15,21H,6-7,9H2,1-3H3. The van der Waals surface area contributed by atoms with E-state index in [2.05, 4.69) is 0 Å². The molecule has 3 rings (SSSR count). The number of rotatable bonds is 5. The van der Waals surface area contributed by atoms with Gasteiger partial charge in [-0.3, -0.25) is 9.59 Å². The highest BCUT2D eigenvalue weighted by Gasteiger charge is 2.42. The lowest BCUT2D eigenvalue weighted by atomic mass is 9.96. The molecule has 7 heteroatoms. The molecule has 2 heterocycles. The van der Waals surface area contributed by atoms with Crippen molar-refractivity contribution in [3.63, 3.8) is 0 Å². The van der Waals surface area contributed by atoms with Crippen LogP contribution in [0.3, 0.4) is 0 Å². The first kappa shape index (κ1) is 16.3. The van der Waals surface area contributed by atoms with Gasteiger partial charge in [0.1, 0.15) is 0 Å². The van der Waals surface area contributed by atoms with Crippen LogP contribution >= 0.6 is 0 Å². The molecule has 0 saturated heterocycles. The fourth-order valence-electron chi connectivity index (χ4n) is 2.98. The number of aliphatic hydroxyl groups is 1. The number of nitrogens with zero attached hydrogens (tertiary/aromatic N) is 2. The smallest absolute Gasteiger partial charge is 0.290 e. The van der Waals surface area contributed by atoms with Gasteiger partial charge in [-0.05, 0) is 38.7 Å². The summed E-state index contributed by atoms with van der Waals surface area (Å²) in [5.74, 6) is -0.119. The molecule has 7 nitrogen and oxygen atoms in total. The van der Waals surface area contributed by atoms with E-state index in [-0.39, 0.29) is 18.1 Å². The molecule has 1 atom stereocenters. The molecule has 0 aliphatic carbocycles. The number of hydrogen-bond donors (Lipinski definition) is 1. The third-order valence-corrected chi connectivity index (χ3v) is 4.18. The molecule has 128 valence electrons. The van der Waals surface area contributed by atoms with E-state index in [1.807, 2.05) is 19.0 Å². The highest BCUT2D eigenvalue weighted by molar-refractivity contribution is 6.08. The van der Waals surface area contributed by atoms with Crippen LogP contribution in [0.5, 0.6) is 11.5 Å². The second-order valence-corrected chi connectivity index (χ2v) is 6.14. The molecular formula is C17H20N2O5. The highest BCUT2D eigenvalue weighted by Crippen LogP contribution is 2.41. The molecular weight excluding hydrogens is 312 g/mol. The van der Waals surface area contributed by atoms with E-state index in [4.69, 9.17) is 9.47 Å². The van der Waals surface area contributed by atoms with Crippen LogP contribution in [0.1, 0.15) is 18.5 Å². The van der Waals surface area contributed by atoms with Crippen molar-refractivity contribution < 1.29 is 24.2 Å². The topological polar surface area (TPSA) is 79.3 Å². The zero-order valence-electron chi connectivity index (χ0n) is 13.9. The normalized spacial score (nSPS) is 19.6. The third kappa shape index (κ3) is 2.71. The summed E-state index contributed by atoms with van der Waals surface area (Å²) in [5, 5.41) is 10.2. The Balaban J connectivity index is 2.01. The van der Waals surface area contributed by atoms with Gasteiger partial charge in [0.2, 0.25) is 6.79 Å². The molecule has 2 aliphatic heterocycles. The molecule has 0 saturated carbocycles. The summed E-state index contributed by atoms with van der Waals surface area (Å²) in [7, 11) is 3.80. The first-order valence-electron chi connectivity index (χ1n) is 7.69. The molecule has 0 aromatic heterocycles. The number of Topliss-reactive ketones (excluding diaryl/α,β-unsaturated/α-hetero) is 1. The number of amides is 1. The van der Waals surface area contributed by atoms with Crippen molar-refractivity contribution in [1.29, 1.82) is 0 Å². The van der Waals surface area contributed by atoms with E-state index in [9.17, 15) is 14.7 Å². The van der Waals surface area contributed by atoms with E-state index in [0.717, 1.165) is 0 Å². The Kier molecular flexibility index (Phi) is 4.19. The predicted molar refractivity (Wildman–Crippen MR) is 85.9 cm³/mol. The van der Waals surface area contributed by atoms with E-state index >= 15 is 0 Å². The van der Waals surface area contributed by atoms with Crippen LogP contribution in [0.25, 0.3) is 0 Å². The van der Waals surface area contributed by atoms with Crippen LogP contribution in [0.2, 0.25) is 0 Å². The highest BCUT2D eigenvalue weighted by atomic mass is 16.7. The van der Waals surface area contributed by atoms with Gasteiger partial charge in [0.25, 0.3) is 5.91 Å². The van der Waals surface area contributed by atoms with Crippen molar-refractivity contribution in [3.8, 4) is 11.5 Å². The monoisotopic (exact) mass is 332 g/mol. The van der Waals surface area contributed by atoms with E-state index in [1.54, 1.807) is 18.2 Å². The minimum Gasteiger partial charge on any atom is -0.503 e. The molecule has 24 heavy (non-hydrogen) atoms. The zero-order chi connectivity index (χ0) is 17.4. The molecule has 1 N–H and O–H groups in total. The molecule has 1 unspecified atom stereocenters. The van der Waals surface area contributed by atoms with Crippen molar-refractivity contribution in [3.05, 3.63) is 35.1 Å². The van der Waals surface area contributed by atoms with Gasteiger partial charge in [-0.15, -0.1) is 0 Å². The maximum Gasteiger partial charge on any atom is 0.290 e. The molecule has 1 amide bonds. The summed E-state index contributed by atoms with van der Waals surface area (Å²) in [6, 6.07) is 4.67. The maximum atomic E-state index is 12.4. The summed E-state index contributed by atoms with van der Waals surface area (Å²) in [5.41, 5.74) is 0.832. The van der Waals surface area contributed by atoms with E-state index in [0.29, 0.717) is 30.2 Å². The molecule has 0 radical (unpaired) electrons. The van der Waals surface area contributed by atoms with Gasteiger partial charge in [0.15, 0.2) is 23.0 Å². The predicted octanol–water partition coefficient (Wildman–Crippen LogP) is 1.26. The van der Waals surface area contributed by atoms with Gasteiger partial charge in [-0.25, -0.2) is 0 Å². The molecule has 0 spiro atoms. The van der Waals surface area contributed by atoms with Gasteiger partial charge in [-0.2, -0.15) is 0 Å². The number of carbonyl (C=O) groups excluding carboxylic acids is 2. The Labute approximate surface area is 140 Å².